The zero-order valence-corrected chi connectivity index (χ0v) is 11.6. The van der Waals surface area contributed by atoms with Crippen LogP contribution < -0.4 is 5.32 Å². The fourth-order valence-electron chi connectivity index (χ4n) is 1.40. The molecule has 0 fully saturated rings. The molecule has 90 valence electrons. The highest BCUT2D eigenvalue weighted by atomic mass is 79.9. The lowest BCUT2D eigenvalue weighted by Gasteiger charge is -2.05. The molecule has 6 heteroatoms. The molecule has 0 aromatic carbocycles. The minimum Gasteiger partial charge on any atom is -0.357 e. The third kappa shape index (κ3) is 2.46. The number of nitrogens with zero attached hydrogens (tertiary/aromatic N) is 4. The molecule has 0 aliphatic carbocycles. The first kappa shape index (κ1) is 12.0. The van der Waals surface area contributed by atoms with Gasteiger partial charge < -0.3 is 5.32 Å². The lowest BCUT2D eigenvalue weighted by Crippen LogP contribution is -2.05. The van der Waals surface area contributed by atoms with Crippen molar-refractivity contribution >= 4 is 21.9 Å². The van der Waals surface area contributed by atoms with Gasteiger partial charge in [-0.05, 0) is 27.9 Å². The average Bonchev–Trinajstić information content (AvgIpc) is 2.79. The van der Waals surface area contributed by atoms with Gasteiger partial charge in [0.25, 0.3) is 0 Å². The van der Waals surface area contributed by atoms with Crippen molar-refractivity contribution in [3.8, 4) is 5.82 Å². The quantitative estimate of drug-likeness (QED) is 0.946. The molecule has 0 saturated carbocycles. The molecule has 0 aliphatic rings. The van der Waals surface area contributed by atoms with E-state index in [2.05, 4.69) is 50.2 Å². The predicted octanol–water partition coefficient (Wildman–Crippen LogP) is 2.59. The van der Waals surface area contributed by atoms with E-state index >= 15 is 0 Å². The van der Waals surface area contributed by atoms with Gasteiger partial charge in [0.2, 0.25) is 5.95 Å². The molecular weight excluding hydrogens is 282 g/mol. The van der Waals surface area contributed by atoms with Crippen LogP contribution in [0, 0.1) is 0 Å². The molecule has 0 unspecified atom stereocenters. The Morgan fingerprint density at radius 1 is 1.41 bits per heavy atom. The van der Waals surface area contributed by atoms with Gasteiger partial charge in [0.15, 0.2) is 5.82 Å². The molecule has 2 aromatic rings. The van der Waals surface area contributed by atoms with E-state index in [4.69, 9.17) is 0 Å². The normalized spacial score (nSPS) is 10.9. The second-order valence-electron chi connectivity index (χ2n) is 3.96. The van der Waals surface area contributed by atoms with Crippen LogP contribution in [0.25, 0.3) is 5.82 Å². The maximum atomic E-state index is 4.48. The fourth-order valence-corrected chi connectivity index (χ4v) is 1.78. The minimum absolute atomic E-state index is 0.403. The number of anilines is 1. The molecule has 1 N–H and O–H groups in total. The molecule has 0 amide bonds. The van der Waals surface area contributed by atoms with Gasteiger partial charge in [-0.15, -0.1) is 0 Å². The molecule has 0 aliphatic heterocycles. The van der Waals surface area contributed by atoms with Gasteiger partial charge in [-0.25, -0.2) is 9.67 Å². The van der Waals surface area contributed by atoms with E-state index in [9.17, 15) is 0 Å². The van der Waals surface area contributed by atoms with E-state index in [0.29, 0.717) is 11.9 Å². The van der Waals surface area contributed by atoms with Crippen LogP contribution >= 0.6 is 15.9 Å². The highest BCUT2D eigenvalue weighted by Crippen LogP contribution is 2.20. The Labute approximate surface area is 108 Å². The average molecular weight is 296 g/mol. The van der Waals surface area contributed by atoms with Crippen LogP contribution in [-0.2, 0) is 0 Å². The van der Waals surface area contributed by atoms with E-state index in [0.717, 1.165) is 16.0 Å². The number of hydrogen-bond donors (Lipinski definition) is 1. The summed E-state index contributed by atoms with van der Waals surface area (Å²) in [5, 5.41) is 7.39. The summed E-state index contributed by atoms with van der Waals surface area (Å²) in [6, 6.07) is 2.00. The maximum Gasteiger partial charge on any atom is 0.224 e. The van der Waals surface area contributed by atoms with E-state index in [-0.39, 0.29) is 0 Å². The first-order chi connectivity index (χ1) is 8.11. The third-order valence-electron chi connectivity index (χ3n) is 2.37. The summed E-state index contributed by atoms with van der Waals surface area (Å²) >= 11 is 3.43. The summed E-state index contributed by atoms with van der Waals surface area (Å²) in [6.45, 7) is 4.22. The van der Waals surface area contributed by atoms with E-state index in [1.807, 2.05) is 12.3 Å². The van der Waals surface area contributed by atoms with Crippen molar-refractivity contribution in [1.29, 1.82) is 0 Å². The molecular formula is C11H14BrN5. The Hall–Kier alpha value is -1.43. The van der Waals surface area contributed by atoms with Crippen LogP contribution in [0.4, 0.5) is 5.95 Å². The summed E-state index contributed by atoms with van der Waals surface area (Å²) in [6.07, 6.45) is 3.62. The Balaban J connectivity index is 2.44. The standard InChI is InChI=1S/C11H14BrN5/c1-7(2)9-4-5-17(16-9)10-8(12)6-14-11(13-3)15-10/h4-7H,1-3H3,(H,13,14,15). The number of aromatic nitrogens is 4. The Bertz CT molecular complexity index is 520. The van der Waals surface area contributed by atoms with Gasteiger partial charge in [0.05, 0.1) is 10.2 Å². The highest BCUT2D eigenvalue weighted by Gasteiger charge is 2.10. The van der Waals surface area contributed by atoms with Gasteiger partial charge in [0.1, 0.15) is 0 Å². The summed E-state index contributed by atoms with van der Waals surface area (Å²) in [5.74, 6) is 1.71. The third-order valence-corrected chi connectivity index (χ3v) is 2.93. The second kappa shape index (κ2) is 4.83. The van der Waals surface area contributed by atoms with Gasteiger partial charge in [-0.2, -0.15) is 10.1 Å². The molecule has 2 heterocycles. The Morgan fingerprint density at radius 3 is 2.76 bits per heavy atom. The maximum absolute atomic E-state index is 4.48. The first-order valence-electron chi connectivity index (χ1n) is 5.38. The van der Waals surface area contributed by atoms with Gasteiger partial charge in [0, 0.05) is 19.4 Å². The fraction of sp³-hybridized carbons (Fsp3) is 0.364. The minimum atomic E-state index is 0.403. The summed E-state index contributed by atoms with van der Waals surface area (Å²) in [4.78, 5) is 8.48. The predicted molar refractivity (Wildman–Crippen MR) is 70.5 cm³/mol. The van der Waals surface area contributed by atoms with Gasteiger partial charge >= 0.3 is 0 Å². The summed E-state index contributed by atoms with van der Waals surface area (Å²) in [7, 11) is 1.79. The van der Waals surface area contributed by atoms with Crippen LogP contribution in [0.1, 0.15) is 25.5 Å². The van der Waals surface area contributed by atoms with Crippen molar-refractivity contribution in [2.75, 3.05) is 12.4 Å². The van der Waals surface area contributed by atoms with Crippen LogP contribution in [-0.4, -0.2) is 26.8 Å². The zero-order valence-electron chi connectivity index (χ0n) is 9.98. The highest BCUT2D eigenvalue weighted by molar-refractivity contribution is 9.10. The molecule has 0 atom stereocenters. The van der Waals surface area contributed by atoms with Crippen LogP contribution in [0.15, 0.2) is 22.9 Å². The number of nitrogens with one attached hydrogen (secondary N) is 1. The van der Waals surface area contributed by atoms with Crippen molar-refractivity contribution in [1.82, 2.24) is 19.7 Å². The number of hydrogen-bond acceptors (Lipinski definition) is 4. The first-order valence-corrected chi connectivity index (χ1v) is 6.17. The molecule has 2 aromatic heterocycles. The second-order valence-corrected chi connectivity index (χ2v) is 4.81. The molecule has 0 radical (unpaired) electrons. The van der Waals surface area contributed by atoms with Crippen molar-refractivity contribution in [2.24, 2.45) is 0 Å². The van der Waals surface area contributed by atoms with Crippen LogP contribution in [0.5, 0.6) is 0 Å². The summed E-state index contributed by atoms with van der Waals surface area (Å²) < 4.78 is 2.57. The molecule has 5 nitrogen and oxygen atoms in total. The van der Waals surface area contributed by atoms with Crippen molar-refractivity contribution in [3.63, 3.8) is 0 Å². The lowest BCUT2D eigenvalue weighted by atomic mass is 10.1. The molecule has 0 spiro atoms. The smallest absolute Gasteiger partial charge is 0.224 e. The van der Waals surface area contributed by atoms with Gasteiger partial charge in [-0.1, -0.05) is 13.8 Å². The molecule has 0 saturated heterocycles. The van der Waals surface area contributed by atoms with E-state index in [1.54, 1.807) is 17.9 Å². The van der Waals surface area contributed by atoms with E-state index < -0.39 is 0 Å². The van der Waals surface area contributed by atoms with Crippen molar-refractivity contribution in [2.45, 2.75) is 19.8 Å². The monoisotopic (exact) mass is 295 g/mol. The number of halogens is 1. The van der Waals surface area contributed by atoms with Crippen molar-refractivity contribution < 1.29 is 0 Å². The molecule has 17 heavy (non-hydrogen) atoms. The Kier molecular flexibility index (Phi) is 3.42. The largest absolute Gasteiger partial charge is 0.357 e. The number of rotatable bonds is 3. The van der Waals surface area contributed by atoms with Crippen LogP contribution in [0.2, 0.25) is 0 Å². The van der Waals surface area contributed by atoms with Gasteiger partial charge in [-0.3, -0.25) is 0 Å². The topological polar surface area (TPSA) is 55.6 Å². The Morgan fingerprint density at radius 2 is 2.18 bits per heavy atom. The molecule has 0 bridgehead atoms. The lowest BCUT2D eigenvalue weighted by molar-refractivity contribution is 0.754. The SMILES string of the molecule is CNc1ncc(Br)c(-n2ccc(C(C)C)n2)n1. The van der Waals surface area contributed by atoms with Crippen LogP contribution in [0.3, 0.4) is 0 Å². The van der Waals surface area contributed by atoms with Crippen molar-refractivity contribution in [3.05, 3.63) is 28.6 Å². The molecule has 2 rings (SSSR count). The summed E-state index contributed by atoms with van der Waals surface area (Å²) in [5.41, 5.74) is 1.04. The zero-order chi connectivity index (χ0) is 12.4. The van der Waals surface area contributed by atoms with E-state index in [1.165, 1.54) is 0 Å².